The highest BCUT2D eigenvalue weighted by molar-refractivity contribution is 7.80. The summed E-state index contributed by atoms with van der Waals surface area (Å²) in [6.45, 7) is 2.68. The van der Waals surface area contributed by atoms with Crippen LogP contribution in [0.25, 0.3) is 0 Å². The van der Waals surface area contributed by atoms with Gasteiger partial charge in [0.05, 0.1) is 0 Å². The number of aromatic nitrogens is 1. The monoisotopic (exact) mass is 307 g/mol. The summed E-state index contributed by atoms with van der Waals surface area (Å²) in [7, 11) is 0. The van der Waals surface area contributed by atoms with Crippen molar-refractivity contribution in [1.29, 1.82) is 0 Å². The molecule has 0 aliphatic rings. The smallest absolute Gasteiger partial charge is 0.150 e. The van der Waals surface area contributed by atoms with Crippen LogP contribution in [0.15, 0.2) is 36.7 Å². The first-order valence-corrected chi connectivity index (χ1v) is 6.86. The van der Waals surface area contributed by atoms with Gasteiger partial charge in [-0.1, -0.05) is 12.2 Å². The van der Waals surface area contributed by atoms with Crippen LogP contribution in [-0.4, -0.2) is 16.5 Å². The average molecular weight is 307 g/mol. The van der Waals surface area contributed by atoms with Crippen LogP contribution >= 0.6 is 12.2 Å². The molecule has 1 heterocycles. The van der Waals surface area contributed by atoms with Gasteiger partial charge in [0.15, 0.2) is 0 Å². The van der Waals surface area contributed by atoms with Crippen LogP contribution in [-0.2, 0) is 6.54 Å². The van der Waals surface area contributed by atoms with Crippen molar-refractivity contribution in [3.63, 3.8) is 0 Å². The fourth-order valence-corrected chi connectivity index (χ4v) is 2.19. The second-order valence-electron chi connectivity index (χ2n) is 4.52. The number of hydrogen-bond donors (Lipinski definition) is 1. The van der Waals surface area contributed by atoms with E-state index in [2.05, 4.69) is 4.98 Å². The number of halogens is 2. The van der Waals surface area contributed by atoms with Gasteiger partial charge in [-0.05, 0) is 36.8 Å². The molecule has 0 aliphatic heterocycles. The zero-order valence-corrected chi connectivity index (χ0v) is 12.3. The lowest BCUT2D eigenvalue weighted by Crippen LogP contribution is -2.25. The molecule has 21 heavy (non-hydrogen) atoms. The average Bonchev–Trinajstić information content (AvgIpc) is 2.46. The van der Waals surface area contributed by atoms with Crippen LogP contribution < -0.4 is 10.6 Å². The van der Waals surface area contributed by atoms with E-state index in [0.717, 1.165) is 17.7 Å². The van der Waals surface area contributed by atoms with Crippen molar-refractivity contribution in [1.82, 2.24) is 4.98 Å². The van der Waals surface area contributed by atoms with Crippen molar-refractivity contribution in [3.05, 3.63) is 59.4 Å². The Hall–Kier alpha value is -2.08. The van der Waals surface area contributed by atoms with Crippen LogP contribution in [0.5, 0.6) is 0 Å². The van der Waals surface area contributed by atoms with Crippen LogP contribution in [0.1, 0.15) is 18.1 Å². The Kier molecular flexibility index (Phi) is 4.80. The molecule has 110 valence electrons. The summed E-state index contributed by atoms with van der Waals surface area (Å²) in [5, 5.41) is 0. The molecule has 0 unspecified atom stereocenters. The summed E-state index contributed by atoms with van der Waals surface area (Å²) in [5.41, 5.74) is 6.44. The second kappa shape index (κ2) is 6.58. The molecule has 0 aliphatic carbocycles. The molecule has 0 saturated carbocycles. The number of pyridine rings is 1. The molecule has 2 aromatic rings. The molecule has 0 radical (unpaired) electrons. The molecule has 0 spiro atoms. The van der Waals surface area contributed by atoms with E-state index in [1.807, 2.05) is 19.1 Å². The Morgan fingerprint density at radius 3 is 2.29 bits per heavy atom. The molecule has 0 saturated heterocycles. The van der Waals surface area contributed by atoms with Gasteiger partial charge < -0.3 is 10.6 Å². The summed E-state index contributed by atoms with van der Waals surface area (Å²) >= 11 is 4.75. The van der Waals surface area contributed by atoms with Crippen molar-refractivity contribution in [2.75, 3.05) is 11.4 Å². The minimum absolute atomic E-state index is 0.0310. The Morgan fingerprint density at radius 2 is 1.81 bits per heavy atom. The van der Waals surface area contributed by atoms with E-state index in [-0.39, 0.29) is 16.2 Å². The Morgan fingerprint density at radius 1 is 1.24 bits per heavy atom. The predicted molar refractivity (Wildman–Crippen MR) is 83.2 cm³/mol. The normalized spacial score (nSPS) is 10.4. The van der Waals surface area contributed by atoms with Crippen molar-refractivity contribution in [2.24, 2.45) is 5.73 Å². The highest BCUT2D eigenvalue weighted by atomic mass is 32.1. The van der Waals surface area contributed by atoms with Gasteiger partial charge in [0.25, 0.3) is 0 Å². The molecule has 0 atom stereocenters. The molecule has 1 aromatic carbocycles. The van der Waals surface area contributed by atoms with Gasteiger partial charge in [-0.3, -0.25) is 4.98 Å². The van der Waals surface area contributed by atoms with Crippen molar-refractivity contribution in [2.45, 2.75) is 13.5 Å². The molecule has 3 nitrogen and oxygen atoms in total. The zero-order chi connectivity index (χ0) is 15.4. The summed E-state index contributed by atoms with van der Waals surface area (Å²) in [6.07, 6.45) is 3.29. The summed E-state index contributed by atoms with van der Waals surface area (Å²) in [5.74, 6) is -1.34. The minimum Gasteiger partial charge on any atom is -0.389 e. The maximum absolute atomic E-state index is 14.2. The number of hydrogen-bond acceptors (Lipinski definition) is 3. The maximum Gasteiger partial charge on any atom is 0.150 e. The third kappa shape index (κ3) is 3.52. The van der Waals surface area contributed by atoms with E-state index in [0.29, 0.717) is 13.1 Å². The fraction of sp³-hybridized carbons (Fsp3) is 0.200. The Bertz CT molecular complexity index is 624. The van der Waals surface area contributed by atoms with Gasteiger partial charge in [-0.2, -0.15) is 0 Å². The summed E-state index contributed by atoms with van der Waals surface area (Å²) < 4.78 is 28.4. The van der Waals surface area contributed by atoms with Gasteiger partial charge >= 0.3 is 0 Å². The van der Waals surface area contributed by atoms with E-state index in [9.17, 15) is 8.78 Å². The SMILES string of the molecule is CCN(Cc1ccncc1)c1c(F)cc(C(N)=S)cc1F. The highest BCUT2D eigenvalue weighted by Crippen LogP contribution is 2.26. The lowest BCUT2D eigenvalue weighted by molar-refractivity contribution is 0.571. The predicted octanol–water partition coefficient (Wildman–Crippen LogP) is 3.02. The van der Waals surface area contributed by atoms with Gasteiger partial charge in [0, 0.05) is 31.0 Å². The molecule has 1 aromatic heterocycles. The first-order valence-electron chi connectivity index (χ1n) is 6.45. The fourth-order valence-electron chi connectivity index (χ4n) is 2.07. The summed E-state index contributed by atoms with van der Waals surface area (Å²) in [4.78, 5) is 5.51. The van der Waals surface area contributed by atoms with Crippen molar-refractivity contribution in [3.8, 4) is 0 Å². The third-order valence-electron chi connectivity index (χ3n) is 3.12. The Balaban J connectivity index is 2.36. The van der Waals surface area contributed by atoms with E-state index in [4.69, 9.17) is 18.0 Å². The molecular formula is C15H15F2N3S. The van der Waals surface area contributed by atoms with Crippen molar-refractivity contribution < 1.29 is 8.78 Å². The van der Waals surface area contributed by atoms with Gasteiger partial charge in [0.2, 0.25) is 0 Å². The molecule has 6 heteroatoms. The van der Waals surface area contributed by atoms with Crippen LogP contribution in [0.2, 0.25) is 0 Å². The van der Waals surface area contributed by atoms with E-state index in [1.54, 1.807) is 17.3 Å². The topological polar surface area (TPSA) is 42.2 Å². The lowest BCUT2D eigenvalue weighted by atomic mass is 10.1. The molecule has 0 amide bonds. The number of nitrogens with two attached hydrogens (primary N) is 1. The maximum atomic E-state index is 14.2. The van der Waals surface area contributed by atoms with Gasteiger partial charge in [-0.15, -0.1) is 0 Å². The van der Waals surface area contributed by atoms with Crippen molar-refractivity contribution >= 4 is 22.9 Å². The van der Waals surface area contributed by atoms with E-state index < -0.39 is 11.6 Å². The molecule has 0 bridgehead atoms. The van der Waals surface area contributed by atoms with Crippen LogP contribution in [0.4, 0.5) is 14.5 Å². The standard InChI is InChI=1S/C15H15F2N3S/c1-2-20(9-10-3-5-19-6-4-10)14-12(16)7-11(15(18)21)8-13(14)17/h3-8H,2,9H2,1H3,(H2,18,21). The van der Waals surface area contributed by atoms with E-state index in [1.165, 1.54) is 0 Å². The highest BCUT2D eigenvalue weighted by Gasteiger charge is 2.18. The van der Waals surface area contributed by atoms with Gasteiger partial charge in [-0.25, -0.2) is 8.78 Å². The molecular weight excluding hydrogens is 292 g/mol. The van der Waals surface area contributed by atoms with Crippen LogP contribution in [0.3, 0.4) is 0 Å². The first-order chi connectivity index (χ1) is 10.0. The third-order valence-corrected chi connectivity index (χ3v) is 3.36. The Labute approximate surface area is 127 Å². The number of nitrogens with zero attached hydrogens (tertiary/aromatic N) is 2. The quantitative estimate of drug-likeness (QED) is 0.862. The van der Waals surface area contributed by atoms with Crippen LogP contribution in [0, 0.1) is 11.6 Å². The number of anilines is 1. The number of rotatable bonds is 5. The van der Waals surface area contributed by atoms with E-state index >= 15 is 0 Å². The summed E-state index contributed by atoms with van der Waals surface area (Å²) in [6, 6.07) is 5.94. The largest absolute Gasteiger partial charge is 0.389 e. The zero-order valence-electron chi connectivity index (χ0n) is 11.5. The first kappa shape index (κ1) is 15.3. The molecule has 2 N–H and O–H groups in total. The molecule has 0 fully saturated rings. The van der Waals surface area contributed by atoms with Gasteiger partial charge in [0.1, 0.15) is 22.3 Å². The number of thiocarbonyl (C=S) groups is 1. The molecule has 2 rings (SSSR count). The lowest BCUT2D eigenvalue weighted by Gasteiger charge is -2.24. The second-order valence-corrected chi connectivity index (χ2v) is 4.96. The number of benzene rings is 1. The minimum atomic E-state index is -0.672.